The van der Waals surface area contributed by atoms with E-state index in [4.69, 9.17) is 21.6 Å². The predicted octanol–water partition coefficient (Wildman–Crippen LogP) is 3.13. The lowest BCUT2D eigenvalue weighted by atomic mass is 10.2. The van der Waals surface area contributed by atoms with Crippen LogP contribution in [-0.2, 0) is 20.3 Å². The Kier molecular flexibility index (Phi) is 6.50. The Hall–Kier alpha value is -2.69. The van der Waals surface area contributed by atoms with Gasteiger partial charge in [-0.2, -0.15) is 5.26 Å². The van der Waals surface area contributed by atoms with Crippen molar-refractivity contribution in [3.63, 3.8) is 0 Å². The first-order valence-corrected chi connectivity index (χ1v) is 9.41. The minimum absolute atomic E-state index is 0.148. The maximum Gasteiger partial charge on any atom is 0.340 e. The lowest BCUT2D eigenvalue weighted by Crippen LogP contribution is -2.30. The van der Waals surface area contributed by atoms with Gasteiger partial charge < -0.3 is 10.1 Å². The maximum atomic E-state index is 12.3. The molecule has 26 heavy (non-hydrogen) atoms. The number of esters is 1. The van der Waals surface area contributed by atoms with Gasteiger partial charge in [0.25, 0.3) is 5.91 Å². The van der Waals surface area contributed by atoms with Gasteiger partial charge in [-0.3, -0.25) is 9.00 Å². The molecule has 0 aromatic heterocycles. The van der Waals surface area contributed by atoms with Crippen molar-refractivity contribution < 1.29 is 18.5 Å². The van der Waals surface area contributed by atoms with E-state index < -0.39 is 28.8 Å². The fourth-order valence-corrected chi connectivity index (χ4v) is 3.05. The molecule has 2 aromatic rings. The number of hydrogen-bond acceptors (Lipinski definition) is 5. The largest absolute Gasteiger partial charge is 0.449 e. The lowest BCUT2D eigenvalue weighted by molar-refractivity contribution is -0.123. The number of benzene rings is 2. The van der Waals surface area contributed by atoms with Crippen molar-refractivity contribution in [1.82, 2.24) is 0 Å². The quantitative estimate of drug-likeness (QED) is 0.791. The molecule has 0 aliphatic heterocycles. The summed E-state index contributed by atoms with van der Waals surface area (Å²) in [6.45, 7) is 1.42. The molecule has 0 saturated heterocycles. The second-order valence-electron chi connectivity index (χ2n) is 5.29. The van der Waals surface area contributed by atoms with Crippen LogP contribution in [0.2, 0.25) is 5.02 Å². The minimum Gasteiger partial charge on any atom is -0.449 e. The van der Waals surface area contributed by atoms with E-state index in [-0.39, 0.29) is 16.1 Å². The topological polar surface area (TPSA) is 96.3 Å². The molecular formula is C18H15ClN2O4S. The zero-order chi connectivity index (χ0) is 19.3. The molecule has 0 radical (unpaired) electrons. The van der Waals surface area contributed by atoms with Crippen molar-refractivity contribution in [1.29, 1.82) is 5.26 Å². The molecule has 2 aromatic carbocycles. The second-order valence-corrected chi connectivity index (χ2v) is 7.05. The monoisotopic (exact) mass is 390 g/mol. The van der Waals surface area contributed by atoms with E-state index in [2.05, 4.69) is 5.32 Å². The average molecular weight is 391 g/mol. The Morgan fingerprint density at radius 1 is 1.27 bits per heavy atom. The van der Waals surface area contributed by atoms with Crippen LogP contribution in [0.5, 0.6) is 0 Å². The zero-order valence-corrected chi connectivity index (χ0v) is 15.6. The predicted molar refractivity (Wildman–Crippen MR) is 98.4 cm³/mol. The van der Waals surface area contributed by atoms with Crippen LogP contribution in [0.25, 0.3) is 0 Å². The van der Waals surface area contributed by atoms with E-state index in [0.29, 0.717) is 10.6 Å². The molecule has 1 amide bonds. The SMILES string of the molecule is C[C@@H](OC(=O)c1ccccc1[S@](C)=O)C(=O)Nc1ccc(C#N)c(Cl)c1. The van der Waals surface area contributed by atoms with E-state index in [1.54, 1.807) is 18.2 Å². The number of carbonyl (C=O) groups is 2. The van der Waals surface area contributed by atoms with Crippen molar-refractivity contribution in [3.05, 3.63) is 58.6 Å². The highest BCUT2D eigenvalue weighted by atomic mass is 35.5. The average Bonchev–Trinajstić information content (AvgIpc) is 2.61. The van der Waals surface area contributed by atoms with Gasteiger partial charge in [0, 0.05) is 11.9 Å². The summed E-state index contributed by atoms with van der Waals surface area (Å²) in [5, 5.41) is 11.6. The maximum absolute atomic E-state index is 12.3. The minimum atomic E-state index is -1.37. The van der Waals surface area contributed by atoms with Crippen LogP contribution < -0.4 is 5.32 Å². The highest BCUT2D eigenvalue weighted by Crippen LogP contribution is 2.21. The third-order valence-corrected chi connectivity index (χ3v) is 4.71. The standard InChI is InChI=1S/C18H15ClN2O4S/c1-11(17(22)21-13-8-7-12(10-20)15(19)9-13)25-18(23)14-5-3-4-6-16(14)26(2)24/h3-9,11H,1-2H3,(H,21,22)/t11-,26+/m1/s1. The van der Waals surface area contributed by atoms with Crippen LogP contribution in [0.3, 0.4) is 0 Å². The number of carbonyl (C=O) groups excluding carboxylic acids is 2. The van der Waals surface area contributed by atoms with Crippen LogP contribution in [-0.4, -0.2) is 28.4 Å². The van der Waals surface area contributed by atoms with Gasteiger partial charge in [0.1, 0.15) is 6.07 Å². The van der Waals surface area contributed by atoms with E-state index in [1.807, 2.05) is 6.07 Å². The van der Waals surface area contributed by atoms with Crippen LogP contribution in [0.1, 0.15) is 22.8 Å². The molecule has 0 aliphatic rings. The third kappa shape index (κ3) is 4.69. The molecule has 0 unspecified atom stereocenters. The number of nitrogens with zero attached hydrogens (tertiary/aromatic N) is 1. The van der Waals surface area contributed by atoms with E-state index in [0.717, 1.165) is 0 Å². The molecule has 8 heteroatoms. The Balaban J connectivity index is 2.08. The molecule has 134 valence electrons. The number of nitrogens with one attached hydrogen (secondary N) is 1. The summed E-state index contributed by atoms with van der Waals surface area (Å²) in [5.41, 5.74) is 0.805. The molecule has 0 aliphatic carbocycles. The Bertz CT molecular complexity index is 924. The van der Waals surface area contributed by atoms with Crippen molar-refractivity contribution in [2.75, 3.05) is 11.6 Å². The lowest BCUT2D eigenvalue weighted by Gasteiger charge is -2.15. The molecule has 6 nitrogen and oxygen atoms in total. The van der Waals surface area contributed by atoms with Crippen LogP contribution in [0, 0.1) is 11.3 Å². The highest BCUT2D eigenvalue weighted by molar-refractivity contribution is 7.84. The van der Waals surface area contributed by atoms with Gasteiger partial charge in [-0.1, -0.05) is 23.7 Å². The van der Waals surface area contributed by atoms with E-state index in [1.165, 1.54) is 37.4 Å². The van der Waals surface area contributed by atoms with Gasteiger partial charge in [-0.05, 0) is 37.3 Å². The Morgan fingerprint density at radius 2 is 1.96 bits per heavy atom. The van der Waals surface area contributed by atoms with Crippen molar-refractivity contribution in [3.8, 4) is 6.07 Å². The van der Waals surface area contributed by atoms with Gasteiger partial charge in [0.05, 0.1) is 31.8 Å². The molecular weight excluding hydrogens is 376 g/mol. The second kappa shape index (κ2) is 8.61. The smallest absolute Gasteiger partial charge is 0.340 e. The van der Waals surface area contributed by atoms with Crippen molar-refractivity contribution in [2.24, 2.45) is 0 Å². The highest BCUT2D eigenvalue weighted by Gasteiger charge is 2.22. The molecule has 0 heterocycles. The molecule has 2 rings (SSSR count). The molecule has 0 saturated carbocycles. The van der Waals surface area contributed by atoms with Gasteiger partial charge in [-0.25, -0.2) is 4.79 Å². The number of ether oxygens (including phenoxy) is 1. The first kappa shape index (κ1) is 19.6. The van der Waals surface area contributed by atoms with Gasteiger partial charge in [0.2, 0.25) is 0 Å². The number of anilines is 1. The fraction of sp³-hybridized carbons (Fsp3) is 0.167. The zero-order valence-electron chi connectivity index (χ0n) is 14.0. The number of hydrogen-bond donors (Lipinski definition) is 1. The van der Waals surface area contributed by atoms with Crippen molar-refractivity contribution in [2.45, 2.75) is 17.9 Å². The first-order valence-electron chi connectivity index (χ1n) is 7.47. The fourth-order valence-electron chi connectivity index (χ4n) is 2.09. The Morgan fingerprint density at radius 3 is 2.58 bits per heavy atom. The summed E-state index contributed by atoms with van der Waals surface area (Å²) in [6, 6.07) is 12.7. The Labute approximate surface area is 158 Å². The number of nitriles is 1. The summed E-state index contributed by atoms with van der Waals surface area (Å²) >= 11 is 5.92. The summed E-state index contributed by atoms with van der Waals surface area (Å²) in [4.78, 5) is 24.8. The van der Waals surface area contributed by atoms with E-state index in [9.17, 15) is 13.8 Å². The van der Waals surface area contributed by atoms with Crippen molar-refractivity contribution >= 4 is 40.0 Å². The van der Waals surface area contributed by atoms with E-state index >= 15 is 0 Å². The molecule has 0 fully saturated rings. The molecule has 0 spiro atoms. The molecule has 0 bridgehead atoms. The van der Waals surface area contributed by atoms with Gasteiger partial charge in [0.15, 0.2) is 6.10 Å². The first-order chi connectivity index (χ1) is 12.3. The summed E-state index contributed by atoms with van der Waals surface area (Å²) in [6.07, 6.45) is 0.368. The normalized spacial score (nSPS) is 12.5. The third-order valence-electron chi connectivity index (χ3n) is 3.43. The summed E-state index contributed by atoms with van der Waals surface area (Å²) < 4.78 is 16.9. The summed E-state index contributed by atoms with van der Waals surface area (Å²) in [7, 11) is -1.37. The molecule has 1 N–H and O–H groups in total. The number of amides is 1. The van der Waals surface area contributed by atoms with Gasteiger partial charge >= 0.3 is 5.97 Å². The van der Waals surface area contributed by atoms with Gasteiger partial charge in [-0.15, -0.1) is 0 Å². The van der Waals surface area contributed by atoms with Crippen LogP contribution >= 0.6 is 11.6 Å². The van der Waals surface area contributed by atoms with Crippen LogP contribution in [0.4, 0.5) is 5.69 Å². The number of halogens is 1. The van der Waals surface area contributed by atoms with Crippen LogP contribution in [0.15, 0.2) is 47.4 Å². The summed E-state index contributed by atoms with van der Waals surface area (Å²) in [5.74, 6) is -1.30. The number of rotatable bonds is 5. The molecule has 2 atom stereocenters.